The highest BCUT2D eigenvalue weighted by molar-refractivity contribution is 5.53. The van der Waals surface area contributed by atoms with Crippen molar-refractivity contribution in [3.63, 3.8) is 0 Å². The van der Waals surface area contributed by atoms with Crippen molar-refractivity contribution in [3.05, 3.63) is 29.8 Å². The molecule has 0 saturated carbocycles. The molecule has 2 unspecified atom stereocenters. The minimum Gasteiger partial charge on any atom is -0.377 e. The van der Waals surface area contributed by atoms with Crippen LogP contribution in [0.2, 0.25) is 0 Å². The molecule has 4 heteroatoms. The van der Waals surface area contributed by atoms with E-state index in [2.05, 4.69) is 79.4 Å². The molecule has 1 saturated heterocycles. The molecule has 4 nitrogen and oxygen atoms in total. The van der Waals surface area contributed by atoms with Gasteiger partial charge in [0.15, 0.2) is 0 Å². The van der Waals surface area contributed by atoms with Crippen LogP contribution in [0.3, 0.4) is 0 Å². The van der Waals surface area contributed by atoms with Gasteiger partial charge in [-0.05, 0) is 32.6 Å². The first-order chi connectivity index (χ1) is 9.99. The molecule has 2 atom stereocenters. The number of anilines is 1. The summed E-state index contributed by atoms with van der Waals surface area (Å²) in [5, 5.41) is 3.72. The van der Waals surface area contributed by atoms with E-state index in [1.165, 1.54) is 17.8 Å². The third-order valence-electron chi connectivity index (χ3n) is 4.52. The highest BCUT2D eigenvalue weighted by Gasteiger charge is 2.22. The van der Waals surface area contributed by atoms with E-state index >= 15 is 0 Å². The number of nitrogens with zero attached hydrogens (tertiary/aromatic N) is 3. The molecular formula is C17H30N4. The number of piperazine rings is 1. The van der Waals surface area contributed by atoms with Crippen LogP contribution in [0.1, 0.15) is 18.5 Å². The molecule has 1 aromatic carbocycles. The van der Waals surface area contributed by atoms with Crippen LogP contribution in [-0.4, -0.2) is 70.2 Å². The number of para-hydroxylation sites is 1. The lowest BCUT2D eigenvalue weighted by molar-refractivity contribution is 0.112. The third-order valence-corrected chi connectivity index (χ3v) is 4.52. The maximum atomic E-state index is 3.72. The van der Waals surface area contributed by atoms with Gasteiger partial charge in [0.25, 0.3) is 0 Å². The van der Waals surface area contributed by atoms with Gasteiger partial charge in [-0.1, -0.05) is 18.2 Å². The second-order valence-electron chi connectivity index (χ2n) is 6.48. The molecule has 1 aromatic rings. The molecule has 1 N–H and O–H groups in total. The third kappa shape index (κ3) is 4.19. The van der Waals surface area contributed by atoms with Gasteiger partial charge < -0.3 is 15.1 Å². The topological polar surface area (TPSA) is 21.8 Å². The van der Waals surface area contributed by atoms with Crippen LogP contribution in [-0.2, 0) is 0 Å². The van der Waals surface area contributed by atoms with Crippen molar-refractivity contribution >= 4 is 5.69 Å². The lowest BCUT2D eigenvalue weighted by Gasteiger charge is -2.38. The van der Waals surface area contributed by atoms with Gasteiger partial charge in [-0.25, -0.2) is 0 Å². The van der Waals surface area contributed by atoms with Crippen molar-refractivity contribution < 1.29 is 0 Å². The Morgan fingerprint density at radius 1 is 1.24 bits per heavy atom. The fourth-order valence-electron chi connectivity index (χ4n) is 3.01. The lowest BCUT2D eigenvalue weighted by atomic mass is 10.0. The molecule has 0 amide bonds. The summed E-state index contributed by atoms with van der Waals surface area (Å²) in [6.45, 7) is 6.77. The number of nitrogens with one attached hydrogen (secondary N) is 1. The minimum atomic E-state index is 0.365. The molecule has 1 aliphatic heterocycles. The Balaban J connectivity index is 1.97. The Morgan fingerprint density at radius 3 is 2.67 bits per heavy atom. The van der Waals surface area contributed by atoms with Gasteiger partial charge in [0, 0.05) is 58.0 Å². The zero-order valence-corrected chi connectivity index (χ0v) is 14.1. The van der Waals surface area contributed by atoms with Crippen molar-refractivity contribution in [2.75, 3.05) is 59.3 Å². The van der Waals surface area contributed by atoms with Crippen LogP contribution in [0.25, 0.3) is 0 Å². The molecular weight excluding hydrogens is 260 g/mol. The van der Waals surface area contributed by atoms with Crippen molar-refractivity contribution in [3.8, 4) is 0 Å². The summed E-state index contributed by atoms with van der Waals surface area (Å²) in [6, 6.07) is 9.61. The summed E-state index contributed by atoms with van der Waals surface area (Å²) in [6.07, 6.45) is 0. The van der Waals surface area contributed by atoms with E-state index in [0.29, 0.717) is 12.1 Å². The SMILES string of the molecule is CC(NCC1CN(C)CCN1C)c1ccccc1N(C)C. The molecule has 0 aliphatic carbocycles. The molecule has 0 bridgehead atoms. The average molecular weight is 290 g/mol. The molecule has 1 fully saturated rings. The number of hydrogen-bond donors (Lipinski definition) is 1. The summed E-state index contributed by atoms with van der Waals surface area (Å²) in [5.41, 5.74) is 2.67. The fraction of sp³-hybridized carbons (Fsp3) is 0.647. The molecule has 0 spiro atoms. The van der Waals surface area contributed by atoms with Crippen molar-refractivity contribution in [1.29, 1.82) is 0 Å². The largest absolute Gasteiger partial charge is 0.377 e. The smallest absolute Gasteiger partial charge is 0.0409 e. The molecule has 118 valence electrons. The average Bonchev–Trinajstić information content (AvgIpc) is 2.47. The molecule has 1 heterocycles. The number of likely N-dealkylation sites (N-methyl/N-ethyl adjacent to an activating group) is 2. The van der Waals surface area contributed by atoms with Gasteiger partial charge in [0.1, 0.15) is 0 Å². The Labute approximate surface area is 129 Å². The van der Waals surface area contributed by atoms with Gasteiger partial charge in [-0.15, -0.1) is 0 Å². The normalized spacial score (nSPS) is 22.2. The molecule has 21 heavy (non-hydrogen) atoms. The molecule has 0 radical (unpaired) electrons. The van der Waals surface area contributed by atoms with E-state index in [-0.39, 0.29) is 0 Å². The van der Waals surface area contributed by atoms with Gasteiger partial charge in [-0.3, -0.25) is 4.90 Å². The summed E-state index contributed by atoms with van der Waals surface area (Å²) in [4.78, 5) is 7.08. The van der Waals surface area contributed by atoms with Crippen molar-refractivity contribution in [2.24, 2.45) is 0 Å². The quantitative estimate of drug-likeness (QED) is 0.890. The van der Waals surface area contributed by atoms with Crippen LogP contribution in [0.15, 0.2) is 24.3 Å². The molecule has 0 aromatic heterocycles. The minimum absolute atomic E-state index is 0.365. The van der Waals surface area contributed by atoms with Crippen molar-refractivity contribution in [2.45, 2.75) is 19.0 Å². The van der Waals surface area contributed by atoms with Gasteiger partial charge in [0.05, 0.1) is 0 Å². The second kappa shape index (κ2) is 7.25. The summed E-state index contributed by atoms with van der Waals surface area (Å²) >= 11 is 0. The zero-order valence-electron chi connectivity index (χ0n) is 14.1. The Hall–Kier alpha value is -1.10. The van der Waals surface area contributed by atoms with E-state index in [0.717, 1.165) is 19.6 Å². The van der Waals surface area contributed by atoms with Gasteiger partial charge in [-0.2, -0.15) is 0 Å². The summed E-state index contributed by atoms with van der Waals surface area (Å²) in [5.74, 6) is 0. The molecule has 1 aliphatic rings. The highest BCUT2D eigenvalue weighted by atomic mass is 15.3. The van der Waals surface area contributed by atoms with E-state index < -0.39 is 0 Å². The van der Waals surface area contributed by atoms with E-state index in [9.17, 15) is 0 Å². The van der Waals surface area contributed by atoms with E-state index in [1.54, 1.807) is 0 Å². The standard InChI is InChI=1S/C17H30N4/c1-14(16-8-6-7-9-17(16)19(2)3)18-12-15-13-20(4)10-11-21(15)5/h6-9,14-15,18H,10-13H2,1-5H3. The van der Waals surface area contributed by atoms with Crippen LogP contribution < -0.4 is 10.2 Å². The van der Waals surface area contributed by atoms with E-state index in [1.807, 2.05) is 0 Å². The predicted molar refractivity (Wildman–Crippen MR) is 91.1 cm³/mol. The maximum absolute atomic E-state index is 3.72. The van der Waals surface area contributed by atoms with Crippen LogP contribution in [0.5, 0.6) is 0 Å². The predicted octanol–water partition coefficient (Wildman–Crippen LogP) is 1.65. The van der Waals surface area contributed by atoms with Crippen LogP contribution in [0, 0.1) is 0 Å². The fourth-order valence-corrected chi connectivity index (χ4v) is 3.01. The monoisotopic (exact) mass is 290 g/mol. The summed E-state index contributed by atoms with van der Waals surface area (Å²) < 4.78 is 0. The van der Waals surface area contributed by atoms with E-state index in [4.69, 9.17) is 0 Å². The Bertz CT molecular complexity index is 446. The number of rotatable bonds is 5. The highest BCUT2D eigenvalue weighted by Crippen LogP contribution is 2.24. The first-order valence-corrected chi connectivity index (χ1v) is 7.87. The van der Waals surface area contributed by atoms with Crippen LogP contribution >= 0.6 is 0 Å². The van der Waals surface area contributed by atoms with Gasteiger partial charge >= 0.3 is 0 Å². The number of hydrogen-bond acceptors (Lipinski definition) is 4. The molecule has 2 rings (SSSR count). The first-order valence-electron chi connectivity index (χ1n) is 7.87. The summed E-state index contributed by atoms with van der Waals surface area (Å²) in [7, 11) is 8.66. The Morgan fingerprint density at radius 2 is 1.95 bits per heavy atom. The van der Waals surface area contributed by atoms with Crippen LogP contribution in [0.4, 0.5) is 5.69 Å². The first kappa shape index (κ1) is 16.3. The Kier molecular flexibility index (Phi) is 5.62. The maximum Gasteiger partial charge on any atom is 0.0409 e. The number of benzene rings is 1. The lowest BCUT2D eigenvalue weighted by Crippen LogP contribution is -2.53. The second-order valence-corrected chi connectivity index (χ2v) is 6.48. The zero-order chi connectivity index (χ0) is 15.4. The van der Waals surface area contributed by atoms with Crippen molar-refractivity contribution in [1.82, 2.24) is 15.1 Å². The van der Waals surface area contributed by atoms with Gasteiger partial charge in [0.2, 0.25) is 0 Å².